The van der Waals surface area contributed by atoms with Crippen LogP contribution in [0.1, 0.15) is 27.7 Å². The SMILES string of the molecule is C=C/C=C(\C(=C/CS)C(C)C)C(C)C. The van der Waals surface area contributed by atoms with E-state index in [4.69, 9.17) is 0 Å². The van der Waals surface area contributed by atoms with Crippen LogP contribution in [0.5, 0.6) is 0 Å². The van der Waals surface area contributed by atoms with E-state index in [2.05, 4.69) is 59.1 Å². The molecule has 0 aromatic carbocycles. The molecule has 14 heavy (non-hydrogen) atoms. The Morgan fingerprint density at radius 2 is 1.64 bits per heavy atom. The molecule has 0 aliphatic carbocycles. The van der Waals surface area contributed by atoms with Crippen LogP contribution in [0, 0.1) is 11.8 Å². The minimum absolute atomic E-state index is 0.543. The third kappa shape index (κ3) is 4.19. The molecule has 0 nitrogen and oxygen atoms in total. The van der Waals surface area contributed by atoms with Crippen LogP contribution in [-0.4, -0.2) is 5.75 Å². The van der Waals surface area contributed by atoms with Crippen LogP contribution < -0.4 is 0 Å². The first-order valence-electron chi connectivity index (χ1n) is 5.18. The van der Waals surface area contributed by atoms with E-state index in [0.717, 1.165) is 5.75 Å². The van der Waals surface area contributed by atoms with Gasteiger partial charge in [0, 0.05) is 5.75 Å². The highest BCUT2D eigenvalue weighted by atomic mass is 32.1. The molecule has 0 amide bonds. The Hall–Kier alpha value is -0.430. The second-order valence-corrected chi connectivity index (χ2v) is 4.37. The molecule has 0 spiro atoms. The molecular weight excluding hydrogens is 188 g/mol. The van der Waals surface area contributed by atoms with E-state index in [1.165, 1.54) is 11.1 Å². The summed E-state index contributed by atoms with van der Waals surface area (Å²) >= 11 is 4.26. The average Bonchev–Trinajstić information content (AvgIpc) is 2.10. The Morgan fingerprint density at radius 3 is 1.93 bits per heavy atom. The normalized spacial score (nSPS) is 13.9. The van der Waals surface area contributed by atoms with Gasteiger partial charge in [-0.05, 0) is 23.0 Å². The topological polar surface area (TPSA) is 0 Å². The second kappa shape index (κ2) is 6.94. The summed E-state index contributed by atoms with van der Waals surface area (Å²) in [6.07, 6.45) is 6.17. The first kappa shape index (κ1) is 13.6. The Labute approximate surface area is 94.2 Å². The van der Waals surface area contributed by atoms with Crippen LogP contribution in [0.3, 0.4) is 0 Å². The van der Waals surface area contributed by atoms with Gasteiger partial charge in [0.2, 0.25) is 0 Å². The molecular formula is C13H22S. The zero-order chi connectivity index (χ0) is 11.1. The molecule has 0 fully saturated rings. The second-order valence-electron chi connectivity index (χ2n) is 4.01. The smallest absolute Gasteiger partial charge is 0.00885 e. The minimum atomic E-state index is 0.543. The van der Waals surface area contributed by atoms with Crippen molar-refractivity contribution in [1.29, 1.82) is 0 Å². The van der Waals surface area contributed by atoms with Gasteiger partial charge in [0.1, 0.15) is 0 Å². The molecule has 0 saturated heterocycles. The lowest BCUT2D eigenvalue weighted by Gasteiger charge is -2.18. The molecule has 0 aliphatic heterocycles. The van der Waals surface area contributed by atoms with E-state index >= 15 is 0 Å². The van der Waals surface area contributed by atoms with Gasteiger partial charge in [-0.1, -0.05) is 52.5 Å². The molecule has 80 valence electrons. The molecule has 0 N–H and O–H groups in total. The molecule has 0 heterocycles. The standard InChI is InChI=1S/C13H22S/c1-6-7-12(10(2)3)13(8-9-14)11(4)5/h6-8,10-11,14H,1,9H2,2-5H3/b12-7-,13-8-. The van der Waals surface area contributed by atoms with Crippen LogP contribution in [0.2, 0.25) is 0 Å². The summed E-state index contributed by atoms with van der Waals surface area (Å²) in [5.41, 5.74) is 2.78. The maximum absolute atomic E-state index is 4.26. The van der Waals surface area contributed by atoms with Gasteiger partial charge in [-0.3, -0.25) is 0 Å². The van der Waals surface area contributed by atoms with Gasteiger partial charge in [0.15, 0.2) is 0 Å². The molecule has 0 rings (SSSR count). The van der Waals surface area contributed by atoms with Gasteiger partial charge in [0.25, 0.3) is 0 Å². The first-order valence-corrected chi connectivity index (χ1v) is 5.81. The highest BCUT2D eigenvalue weighted by Crippen LogP contribution is 2.26. The van der Waals surface area contributed by atoms with Crippen molar-refractivity contribution in [1.82, 2.24) is 0 Å². The van der Waals surface area contributed by atoms with Gasteiger partial charge >= 0.3 is 0 Å². The summed E-state index contributed by atoms with van der Waals surface area (Å²) in [5, 5.41) is 0. The highest BCUT2D eigenvalue weighted by Gasteiger charge is 2.11. The third-order valence-electron chi connectivity index (χ3n) is 2.19. The van der Waals surface area contributed by atoms with Gasteiger partial charge in [0.05, 0.1) is 0 Å². The molecule has 0 unspecified atom stereocenters. The number of thiol groups is 1. The fourth-order valence-electron chi connectivity index (χ4n) is 1.53. The lowest BCUT2D eigenvalue weighted by molar-refractivity contribution is 0.701. The van der Waals surface area contributed by atoms with Gasteiger partial charge in [-0.2, -0.15) is 12.6 Å². The fraction of sp³-hybridized carbons (Fsp3) is 0.538. The van der Waals surface area contributed by atoms with Crippen molar-refractivity contribution in [2.75, 3.05) is 5.75 Å². The van der Waals surface area contributed by atoms with Crippen molar-refractivity contribution in [3.8, 4) is 0 Å². The number of rotatable bonds is 5. The molecule has 0 radical (unpaired) electrons. The van der Waals surface area contributed by atoms with E-state index < -0.39 is 0 Å². The predicted molar refractivity (Wildman–Crippen MR) is 69.9 cm³/mol. The summed E-state index contributed by atoms with van der Waals surface area (Å²) < 4.78 is 0. The van der Waals surface area contributed by atoms with E-state index in [1.807, 2.05) is 6.08 Å². The van der Waals surface area contributed by atoms with E-state index in [0.29, 0.717) is 11.8 Å². The Kier molecular flexibility index (Phi) is 6.73. The monoisotopic (exact) mass is 210 g/mol. The maximum Gasteiger partial charge on any atom is 0.00885 e. The van der Waals surface area contributed by atoms with Gasteiger partial charge < -0.3 is 0 Å². The quantitative estimate of drug-likeness (QED) is 0.508. The van der Waals surface area contributed by atoms with E-state index in [-0.39, 0.29) is 0 Å². The molecule has 0 bridgehead atoms. The molecule has 0 atom stereocenters. The Bertz CT molecular complexity index is 232. The lowest BCUT2D eigenvalue weighted by atomic mass is 9.87. The molecule has 0 aromatic heterocycles. The molecule has 0 aliphatic rings. The third-order valence-corrected chi connectivity index (χ3v) is 2.37. The van der Waals surface area contributed by atoms with Crippen molar-refractivity contribution in [3.63, 3.8) is 0 Å². The van der Waals surface area contributed by atoms with E-state index in [1.54, 1.807) is 0 Å². The Balaban J connectivity index is 5.04. The summed E-state index contributed by atoms with van der Waals surface area (Å²) in [4.78, 5) is 0. The summed E-state index contributed by atoms with van der Waals surface area (Å²) in [6, 6.07) is 0. The predicted octanol–water partition coefficient (Wildman–Crippen LogP) is 4.27. The maximum atomic E-state index is 4.26. The number of hydrogen-bond donors (Lipinski definition) is 1. The zero-order valence-corrected chi connectivity index (χ0v) is 10.6. The Morgan fingerprint density at radius 1 is 1.14 bits per heavy atom. The van der Waals surface area contributed by atoms with E-state index in [9.17, 15) is 0 Å². The lowest BCUT2D eigenvalue weighted by Crippen LogP contribution is -2.04. The van der Waals surface area contributed by atoms with Gasteiger partial charge in [-0.25, -0.2) is 0 Å². The molecule has 0 aromatic rings. The van der Waals surface area contributed by atoms with Crippen LogP contribution in [0.25, 0.3) is 0 Å². The molecule has 1 heteroatoms. The summed E-state index contributed by atoms with van der Waals surface area (Å²) in [5.74, 6) is 1.90. The minimum Gasteiger partial charge on any atom is -0.175 e. The number of hydrogen-bond acceptors (Lipinski definition) is 1. The summed E-state index contributed by atoms with van der Waals surface area (Å²) in [7, 11) is 0. The zero-order valence-electron chi connectivity index (χ0n) is 9.75. The van der Waals surface area contributed by atoms with Crippen LogP contribution >= 0.6 is 12.6 Å². The highest BCUT2D eigenvalue weighted by molar-refractivity contribution is 7.80. The van der Waals surface area contributed by atoms with Crippen molar-refractivity contribution in [3.05, 3.63) is 36.0 Å². The van der Waals surface area contributed by atoms with Crippen molar-refractivity contribution in [2.45, 2.75) is 27.7 Å². The summed E-state index contributed by atoms with van der Waals surface area (Å²) in [6.45, 7) is 12.6. The van der Waals surface area contributed by atoms with Gasteiger partial charge in [-0.15, -0.1) is 0 Å². The van der Waals surface area contributed by atoms with Crippen LogP contribution in [0.4, 0.5) is 0 Å². The van der Waals surface area contributed by atoms with Crippen molar-refractivity contribution < 1.29 is 0 Å². The average molecular weight is 210 g/mol. The molecule has 0 saturated carbocycles. The largest absolute Gasteiger partial charge is 0.175 e. The number of allylic oxidation sites excluding steroid dienone is 4. The van der Waals surface area contributed by atoms with Crippen LogP contribution in [-0.2, 0) is 0 Å². The van der Waals surface area contributed by atoms with Crippen molar-refractivity contribution in [2.24, 2.45) is 11.8 Å². The fourth-order valence-corrected chi connectivity index (χ4v) is 1.73. The first-order chi connectivity index (χ1) is 6.54. The van der Waals surface area contributed by atoms with Crippen LogP contribution in [0.15, 0.2) is 36.0 Å². The van der Waals surface area contributed by atoms with Crippen molar-refractivity contribution >= 4 is 12.6 Å².